The second kappa shape index (κ2) is 9.52. The third-order valence-corrected chi connectivity index (χ3v) is 7.54. The van der Waals surface area contributed by atoms with Crippen LogP contribution >= 0.6 is 11.3 Å². The molecule has 168 valence electrons. The molecule has 3 aromatic rings. The van der Waals surface area contributed by atoms with Crippen LogP contribution in [0.4, 0.5) is 5.95 Å². The largest absolute Gasteiger partial charge is 0.370 e. The molecule has 0 spiro atoms. The predicted molar refractivity (Wildman–Crippen MR) is 130 cm³/mol. The van der Waals surface area contributed by atoms with Crippen LogP contribution in [0.5, 0.6) is 0 Å². The second-order valence-corrected chi connectivity index (χ2v) is 9.72. The number of nitrogens with two attached hydrogens (primary N) is 1. The maximum atomic E-state index is 11.1. The Morgan fingerprint density at radius 1 is 1.06 bits per heavy atom. The highest BCUT2D eigenvalue weighted by Gasteiger charge is 2.25. The van der Waals surface area contributed by atoms with Gasteiger partial charge in [0.1, 0.15) is 4.83 Å². The number of rotatable bonds is 7. The van der Waals surface area contributed by atoms with Gasteiger partial charge in [0.05, 0.1) is 0 Å². The van der Waals surface area contributed by atoms with Gasteiger partial charge in [-0.2, -0.15) is 0 Å². The zero-order chi connectivity index (χ0) is 21.9. The number of amides is 1. The Bertz CT molecular complexity index is 1060. The van der Waals surface area contributed by atoms with E-state index in [2.05, 4.69) is 44.3 Å². The lowest BCUT2D eigenvalue weighted by Gasteiger charge is -2.35. The van der Waals surface area contributed by atoms with Gasteiger partial charge in [0.15, 0.2) is 0 Å². The molecule has 1 atom stereocenters. The summed E-state index contributed by atoms with van der Waals surface area (Å²) in [6.07, 6.45) is 3.60. The van der Waals surface area contributed by atoms with Crippen LogP contribution in [-0.2, 0) is 4.79 Å². The Morgan fingerprint density at radius 3 is 2.62 bits per heavy atom. The predicted octanol–water partition coefficient (Wildman–Crippen LogP) is 2.68. The maximum Gasteiger partial charge on any atom is 0.226 e. The maximum absolute atomic E-state index is 11.1. The SMILES string of the molecule is NC(=O)C[C@H]1CCN(CCN2CCN(c3ncc4c(-c5ccccc5)csc4n3)CC2)C1. The van der Waals surface area contributed by atoms with E-state index in [1.807, 2.05) is 12.3 Å². The van der Waals surface area contributed by atoms with Gasteiger partial charge < -0.3 is 15.5 Å². The summed E-state index contributed by atoms with van der Waals surface area (Å²) in [4.78, 5) is 29.1. The minimum absolute atomic E-state index is 0.174. The van der Waals surface area contributed by atoms with E-state index < -0.39 is 0 Å². The third-order valence-electron chi connectivity index (χ3n) is 6.65. The van der Waals surface area contributed by atoms with Crippen LogP contribution in [0.25, 0.3) is 21.3 Å². The average Bonchev–Trinajstić information content (AvgIpc) is 3.44. The number of nitrogens with zero attached hydrogens (tertiary/aromatic N) is 5. The normalized spacial score (nSPS) is 20.2. The Morgan fingerprint density at radius 2 is 1.84 bits per heavy atom. The molecule has 4 heterocycles. The molecule has 1 aromatic carbocycles. The summed E-state index contributed by atoms with van der Waals surface area (Å²) >= 11 is 1.69. The van der Waals surface area contributed by atoms with Crippen molar-refractivity contribution in [2.45, 2.75) is 12.8 Å². The molecule has 2 aliphatic heterocycles. The van der Waals surface area contributed by atoms with Gasteiger partial charge in [-0.25, -0.2) is 9.97 Å². The first-order valence-corrected chi connectivity index (χ1v) is 12.3. The molecule has 1 amide bonds. The summed E-state index contributed by atoms with van der Waals surface area (Å²) in [5.74, 6) is 1.11. The van der Waals surface area contributed by atoms with Gasteiger partial charge in [0.2, 0.25) is 11.9 Å². The van der Waals surface area contributed by atoms with Crippen molar-refractivity contribution in [3.8, 4) is 11.1 Å². The molecular formula is C24H30N6OS. The smallest absolute Gasteiger partial charge is 0.226 e. The summed E-state index contributed by atoms with van der Waals surface area (Å²) in [5, 5.41) is 3.31. The number of benzene rings is 1. The van der Waals surface area contributed by atoms with E-state index in [-0.39, 0.29) is 5.91 Å². The monoisotopic (exact) mass is 450 g/mol. The van der Waals surface area contributed by atoms with Gasteiger partial charge in [-0.3, -0.25) is 9.69 Å². The van der Waals surface area contributed by atoms with Crippen molar-refractivity contribution in [2.24, 2.45) is 11.7 Å². The second-order valence-electron chi connectivity index (χ2n) is 8.86. The highest BCUT2D eigenvalue weighted by Crippen LogP contribution is 2.33. The van der Waals surface area contributed by atoms with Crippen molar-refractivity contribution >= 4 is 33.4 Å². The molecule has 32 heavy (non-hydrogen) atoms. The minimum Gasteiger partial charge on any atom is -0.370 e. The number of hydrogen-bond acceptors (Lipinski definition) is 7. The molecule has 0 aliphatic carbocycles. The summed E-state index contributed by atoms with van der Waals surface area (Å²) < 4.78 is 0. The number of hydrogen-bond donors (Lipinski definition) is 1. The molecule has 0 radical (unpaired) electrons. The van der Waals surface area contributed by atoms with E-state index in [1.165, 1.54) is 11.1 Å². The highest BCUT2D eigenvalue weighted by molar-refractivity contribution is 7.17. The Hall–Kier alpha value is -2.55. The molecule has 2 aliphatic rings. The molecule has 2 fully saturated rings. The number of fused-ring (bicyclic) bond motifs is 1. The van der Waals surface area contributed by atoms with Crippen LogP contribution in [0.3, 0.4) is 0 Å². The molecule has 2 saturated heterocycles. The van der Waals surface area contributed by atoms with E-state index in [9.17, 15) is 4.79 Å². The van der Waals surface area contributed by atoms with Crippen molar-refractivity contribution < 1.29 is 4.79 Å². The lowest BCUT2D eigenvalue weighted by molar-refractivity contribution is -0.118. The molecule has 8 heteroatoms. The molecular weight excluding hydrogens is 420 g/mol. The summed E-state index contributed by atoms with van der Waals surface area (Å²) in [7, 11) is 0. The number of piperazine rings is 1. The Labute approximate surface area is 192 Å². The van der Waals surface area contributed by atoms with E-state index in [0.29, 0.717) is 12.3 Å². The van der Waals surface area contributed by atoms with E-state index >= 15 is 0 Å². The van der Waals surface area contributed by atoms with Crippen LogP contribution in [0.2, 0.25) is 0 Å². The summed E-state index contributed by atoms with van der Waals surface area (Å²) in [6.45, 7) is 8.18. The number of aromatic nitrogens is 2. The van der Waals surface area contributed by atoms with Crippen LogP contribution < -0.4 is 10.6 Å². The third kappa shape index (κ3) is 4.77. The quantitative estimate of drug-likeness (QED) is 0.596. The van der Waals surface area contributed by atoms with Gasteiger partial charge in [-0.1, -0.05) is 30.3 Å². The molecule has 0 unspecified atom stereocenters. The first kappa shape index (κ1) is 21.3. The number of anilines is 1. The van der Waals surface area contributed by atoms with Crippen LogP contribution in [0.1, 0.15) is 12.8 Å². The Kier molecular flexibility index (Phi) is 6.34. The number of carbonyl (C=O) groups is 1. The first-order valence-electron chi connectivity index (χ1n) is 11.4. The fourth-order valence-corrected chi connectivity index (χ4v) is 5.74. The van der Waals surface area contributed by atoms with E-state index in [4.69, 9.17) is 15.7 Å². The fraction of sp³-hybridized carbons (Fsp3) is 0.458. The summed E-state index contributed by atoms with van der Waals surface area (Å²) in [6, 6.07) is 10.4. The van der Waals surface area contributed by atoms with Crippen LogP contribution in [0, 0.1) is 5.92 Å². The van der Waals surface area contributed by atoms with Crippen LogP contribution in [0.15, 0.2) is 41.9 Å². The molecule has 0 saturated carbocycles. The van der Waals surface area contributed by atoms with Gasteiger partial charge in [-0.05, 0) is 24.4 Å². The van der Waals surface area contributed by atoms with Crippen molar-refractivity contribution in [2.75, 3.05) is 57.3 Å². The molecule has 7 nitrogen and oxygen atoms in total. The highest BCUT2D eigenvalue weighted by atomic mass is 32.1. The fourth-order valence-electron chi connectivity index (χ4n) is 4.83. The first-order chi connectivity index (χ1) is 15.7. The lowest BCUT2D eigenvalue weighted by atomic mass is 10.1. The average molecular weight is 451 g/mol. The Balaban J connectivity index is 1.14. The zero-order valence-corrected chi connectivity index (χ0v) is 19.1. The van der Waals surface area contributed by atoms with Crippen molar-refractivity contribution in [1.29, 1.82) is 0 Å². The summed E-state index contributed by atoms with van der Waals surface area (Å²) in [5.41, 5.74) is 7.77. The van der Waals surface area contributed by atoms with Gasteiger partial charge >= 0.3 is 0 Å². The topological polar surface area (TPSA) is 78.6 Å². The van der Waals surface area contributed by atoms with Crippen molar-refractivity contribution in [3.63, 3.8) is 0 Å². The van der Waals surface area contributed by atoms with Crippen molar-refractivity contribution in [3.05, 3.63) is 41.9 Å². The van der Waals surface area contributed by atoms with Crippen LogP contribution in [-0.4, -0.2) is 78.0 Å². The molecule has 2 aromatic heterocycles. The zero-order valence-electron chi connectivity index (χ0n) is 18.3. The standard InChI is InChI=1S/C24H30N6OS/c25-22(31)14-18-6-7-29(16-18)9-8-28-10-12-30(13-11-28)24-26-15-20-21(17-32-23(20)27-24)19-4-2-1-3-5-19/h1-5,15,17-18H,6-14,16H2,(H2,25,31)/t18-/m1/s1. The lowest BCUT2D eigenvalue weighted by Crippen LogP contribution is -2.48. The number of carbonyl (C=O) groups excluding carboxylic acids is 1. The van der Waals surface area contributed by atoms with E-state index in [1.54, 1.807) is 11.3 Å². The van der Waals surface area contributed by atoms with E-state index in [0.717, 1.165) is 74.9 Å². The number of primary amides is 1. The minimum atomic E-state index is -0.174. The molecule has 2 N–H and O–H groups in total. The molecule has 5 rings (SSSR count). The number of thiophene rings is 1. The van der Waals surface area contributed by atoms with Gasteiger partial charge in [0, 0.05) is 74.8 Å². The van der Waals surface area contributed by atoms with Crippen molar-refractivity contribution in [1.82, 2.24) is 19.8 Å². The van der Waals surface area contributed by atoms with Gasteiger partial charge in [-0.15, -0.1) is 11.3 Å². The van der Waals surface area contributed by atoms with Gasteiger partial charge in [0.25, 0.3) is 0 Å². The number of likely N-dealkylation sites (tertiary alicyclic amines) is 1. The molecule has 0 bridgehead atoms.